The van der Waals surface area contributed by atoms with E-state index < -0.39 is 0 Å². The number of hydrogen-bond acceptors (Lipinski definition) is 2. The quantitative estimate of drug-likeness (QED) is 0.886. The Morgan fingerprint density at radius 3 is 2.50 bits per heavy atom. The molecule has 0 spiro atoms. The Kier molecular flexibility index (Phi) is 5.15. The van der Waals surface area contributed by atoms with Gasteiger partial charge in [-0.1, -0.05) is 24.3 Å². The molecule has 0 saturated carbocycles. The fourth-order valence-corrected chi connectivity index (χ4v) is 2.58. The van der Waals surface area contributed by atoms with Gasteiger partial charge in [-0.05, 0) is 58.7 Å². The Bertz CT molecular complexity index is 571. The van der Waals surface area contributed by atoms with E-state index >= 15 is 0 Å². The van der Waals surface area contributed by atoms with Crippen LogP contribution in [0.2, 0.25) is 0 Å². The zero-order valence-corrected chi connectivity index (χ0v) is 13.1. The number of halogens is 2. The van der Waals surface area contributed by atoms with Crippen molar-refractivity contribution in [2.24, 2.45) is 0 Å². The summed E-state index contributed by atoms with van der Waals surface area (Å²) in [5.41, 5.74) is 2.09. The predicted octanol–water partition coefficient (Wildman–Crippen LogP) is 4.10. The molecular formula is C16H17BrFNO. The van der Waals surface area contributed by atoms with Crippen molar-refractivity contribution < 1.29 is 9.13 Å². The van der Waals surface area contributed by atoms with Gasteiger partial charge in [-0.15, -0.1) is 0 Å². The summed E-state index contributed by atoms with van der Waals surface area (Å²) in [4.78, 5) is 0. The standard InChI is InChI=1S/C16H17BrFNO/c1-19-15(11-6-8-13(20-2)9-7-11)10-12-4-3-5-14(18)16(12)17/h3-9,15,19H,10H2,1-2H3. The molecular weight excluding hydrogens is 321 g/mol. The van der Waals surface area contributed by atoms with Crippen molar-refractivity contribution in [3.63, 3.8) is 0 Å². The van der Waals surface area contributed by atoms with E-state index in [0.717, 1.165) is 16.9 Å². The fourth-order valence-electron chi connectivity index (χ4n) is 2.15. The van der Waals surface area contributed by atoms with Crippen LogP contribution in [0.25, 0.3) is 0 Å². The maximum atomic E-state index is 13.6. The maximum Gasteiger partial charge on any atom is 0.137 e. The molecule has 106 valence electrons. The summed E-state index contributed by atoms with van der Waals surface area (Å²) < 4.78 is 19.2. The first-order chi connectivity index (χ1) is 9.65. The second-order valence-corrected chi connectivity index (χ2v) is 5.32. The van der Waals surface area contributed by atoms with E-state index in [1.165, 1.54) is 6.07 Å². The molecule has 0 saturated heterocycles. The van der Waals surface area contributed by atoms with E-state index in [0.29, 0.717) is 10.9 Å². The largest absolute Gasteiger partial charge is 0.497 e. The van der Waals surface area contributed by atoms with Gasteiger partial charge >= 0.3 is 0 Å². The third-order valence-corrected chi connectivity index (χ3v) is 4.21. The van der Waals surface area contributed by atoms with Crippen LogP contribution in [-0.4, -0.2) is 14.2 Å². The second-order valence-electron chi connectivity index (χ2n) is 4.53. The number of hydrogen-bond donors (Lipinski definition) is 1. The van der Waals surface area contributed by atoms with E-state index in [4.69, 9.17) is 4.74 Å². The first kappa shape index (κ1) is 15.0. The Balaban J connectivity index is 2.21. The fraction of sp³-hybridized carbons (Fsp3) is 0.250. The Labute approximate surface area is 127 Å². The van der Waals surface area contributed by atoms with Gasteiger partial charge in [0.05, 0.1) is 11.6 Å². The van der Waals surface area contributed by atoms with E-state index in [-0.39, 0.29) is 11.9 Å². The lowest BCUT2D eigenvalue weighted by Gasteiger charge is -2.18. The van der Waals surface area contributed by atoms with Gasteiger partial charge in [0.25, 0.3) is 0 Å². The Morgan fingerprint density at radius 1 is 1.20 bits per heavy atom. The van der Waals surface area contributed by atoms with Crippen LogP contribution in [0.4, 0.5) is 4.39 Å². The lowest BCUT2D eigenvalue weighted by molar-refractivity contribution is 0.414. The van der Waals surface area contributed by atoms with Crippen molar-refractivity contribution in [1.82, 2.24) is 5.32 Å². The first-order valence-corrected chi connectivity index (χ1v) is 7.19. The molecule has 1 N–H and O–H groups in total. The average molecular weight is 338 g/mol. The summed E-state index contributed by atoms with van der Waals surface area (Å²) in [6.07, 6.45) is 0.709. The highest BCUT2D eigenvalue weighted by atomic mass is 79.9. The van der Waals surface area contributed by atoms with E-state index in [2.05, 4.69) is 21.2 Å². The zero-order chi connectivity index (χ0) is 14.5. The minimum absolute atomic E-state index is 0.124. The van der Waals surface area contributed by atoms with Crippen molar-refractivity contribution in [2.75, 3.05) is 14.2 Å². The van der Waals surface area contributed by atoms with Gasteiger partial charge in [-0.2, -0.15) is 0 Å². The number of methoxy groups -OCH3 is 1. The van der Waals surface area contributed by atoms with Crippen LogP contribution >= 0.6 is 15.9 Å². The second kappa shape index (κ2) is 6.86. The molecule has 0 heterocycles. The molecule has 0 amide bonds. The number of ether oxygens (including phenoxy) is 1. The Hall–Kier alpha value is -1.39. The summed E-state index contributed by atoms with van der Waals surface area (Å²) in [6.45, 7) is 0. The van der Waals surface area contributed by atoms with Gasteiger partial charge in [0, 0.05) is 6.04 Å². The molecule has 2 aromatic carbocycles. The van der Waals surface area contributed by atoms with Gasteiger partial charge in [0.1, 0.15) is 11.6 Å². The molecule has 20 heavy (non-hydrogen) atoms. The van der Waals surface area contributed by atoms with Crippen LogP contribution in [0, 0.1) is 5.82 Å². The monoisotopic (exact) mass is 337 g/mol. The lowest BCUT2D eigenvalue weighted by atomic mass is 9.99. The molecule has 0 fully saturated rings. The van der Waals surface area contributed by atoms with Crippen molar-refractivity contribution in [3.8, 4) is 5.75 Å². The third-order valence-electron chi connectivity index (χ3n) is 3.32. The predicted molar refractivity (Wildman–Crippen MR) is 82.6 cm³/mol. The topological polar surface area (TPSA) is 21.3 Å². The van der Waals surface area contributed by atoms with Crippen LogP contribution in [0.5, 0.6) is 5.75 Å². The van der Waals surface area contributed by atoms with Crippen LogP contribution in [0.1, 0.15) is 17.2 Å². The molecule has 2 nitrogen and oxygen atoms in total. The van der Waals surface area contributed by atoms with Crippen LogP contribution in [0.15, 0.2) is 46.9 Å². The number of benzene rings is 2. The van der Waals surface area contributed by atoms with Crippen molar-refractivity contribution in [3.05, 3.63) is 63.9 Å². The van der Waals surface area contributed by atoms with Crippen molar-refractivity contribution >= 4 is 15.9 Å². The lowest BCUT2D eigenvalue weighted by Crippen LogP contribution is -2.19. The minimum atomic E-state index is -0.230. The summed E-state index contributed by atoms with van der Waals surface area (Å²) in [6, 6.07) is 13.1. The highest BCUT2D eigenvalue weighted by molar-refractivity contribution is 9.10. The van der Waals surface area contributed by atoms with E-state index in [1.807, 2.05) is 37.4 Å². The van der Waals surface area contributed by atoms with Gasteiger partial charge in [0.2, 0.25) is 0 Å². The highest BCUT2D eigenvalue weighted by Gasteiger charge is 2.13. The Morgan fingerprint density at radius 2 is 1.90 bits per heavy atom. The van der Waals surface area contributed by atoms with Gasteiger partial charge in [0.15, 0.2) is 0 Å². The van der Waals surface area contributed by atoms with Crippen LogP contribution < -0.4 is 10.1 Å². The molecule has 0 radical (unpaired) electrons. The van der Waals surface area contributed by atoms with Crippen molar-refractivity contribution in [2.45, 2.75) is 12.5 Å². The number of nitrogens with one attached hydrogen (secondary N) is 1. The molecule has 2 aromatic rings. The maximum absolute atomic E-state index is 13.6. The van der Waals surface area contributed by atoms with E-state index in [1.54, 1.807) is 13.2 Å². The minimum Gasteiger partial charge on any atom is -0.497 e. The molecule has 2 rings (SSSR count). The summed E-state index contributed by atoms with van der Waals surface area (Å²) in [5, 5.41) is 3.27. The smallest absolute Gasteiger partial charge is 0.137 e. The summed E-state index contributed by atoms with van der Waals surface area (Å²) >= 11 is 3.31. The summed E-state index contributed by atoms with van der Waals surface area (Å²) in [5.74, 6) is 0.600. The highest BCUT2D eigenvalue weighted by Crippen LogP contribution is 2.26. The molecule has 0 aliphatic carbocycles. The molecule has 4 heteroatoms. The number of rotatable bonds is 5. The summed E-state index contributed by atoms with van der Waals surface area (Å²) in [7, 11) is 3.55. The SMILES string of the molecule is CNC(Cc1cccc(F)c1Br)c1ccc(OC)cc1. The molecule has 0 bridgehead atoms. The van der Waals surface area contributed by atoms with E-state index in [9.17, 15) is 4.39 Å². The molecule has 1 atom stereocenters. The van der Waals surface area contributed by atoms with Gasteiger partial charge < -0.3 is 10.1 Å². The van der Waals surface area contributed by atoms with Gasteiger partial charge in [-0.25, -0.2) is 4.39 Å². The molecule has 1 unspecified atom stereocenters. The molecule has 0 aliphatic heterocycles. The first-order valence-electron chi connectivity index (χ1n) is 6.39. The molecule has 0 aliphatic rings. The van der Waals surface area contributed by atoms with Crippen molar-refractivity contribution in [1.29, 1.82) is 0 Å². The van der Waals surface area contributed by atoms with Crippen LogP contribution in [-0.2, 0) is 6.42 Å². The average Bonchev–Trinajstić information content (AvgIpc) is 2.49. The zero-order valence-electron chi connectivity index (χ0n) is 11.5. The van der Waals surface area contributed by atoms with Gasteiger partial charge in [-0.3, -0.25) is 0 Å². The van der Waals surface area contributed by atoms with Crippen LogP contribution in [0.3, 0.4) is 0 Å². The number of likely N-dealkylation sites (N-methyl/N-ethyl adjacent to an activating group) is 1. The molecule has 0 aromatic heterocycles. The normalized spacial score (nSPS) is 12.2. The third kappa shape index (κ3) is 3.38.